The summed E-state index contributed by atoms with van der Waals surface area (Å²) in [4.78, 5) is 64.4. The van der Waals surface area contributed by atoms with Gasteiger partial charge in [-0.05, 0) is 22.8 Å². The number of benzene rings is 3. The summed E-state index contributed by atoms with van der Waals surface area (Å²) in [7, 11) is 0. The Bertz CT molecular complexity index is 2300. The van der Waals surface area contributed by atoms with E-state index in [0.717, 1.165) is 16.7 Å². The summed E-state index contributed by atoms with van der Waals surface area (Å²) in [5.74, 6) is -2.66. The van der Waals surface area contributed by atoms with Gasteiger partial charge in [0.1, 0.15) is 28.3 Å². The highest BCUT2D eigenvalue weighted by Crippen LogP contribution is 2.42. The maximum Gasteiger partial charge on any atom is 0.352 e. The molecular formula is C41H37N8O6S2+. The molecule has 3 atom stereocenters. The Labute approximate surface area is 335 Å². The lowest BCUT2D eigenvalue weighted by atomic mass is 9.77. The van der Waals surface area contributed by atoms with Gasteiger partial charge >= 0.3 is 5.97 Å². The van der Waals surface area contributed by atoms with Crippen LogP contribution in [0.5, 0.6) is 0 Å². The third kappa shape index (κ3) is 7.32. The summed E-state index contributed by atoms with van der Waals surface area (Å²) in [5, 5.41) is 25.0. The SMILES string of the molecule is Nc1ccc[n+](CC2=C(C(=O)O)N3C(=O)[C@@H](NC(=O)/C(=N\O[C@H]4CCNC4=O)c4csc(NC(c5ccccc5)(c5ccccc5)c5ccccc5)n4)[C@@H]3SC2)c1. The maximum atomic E-state index is 14.2. The van der Waals surface area contributed by atoms with Gasteiger partial charge in [-0.2, -0.15) is 4.57 Å². The quantitative estimate of drug-likeness (QED) is 0.0388. The van der Waals surface area contributed by atoms with Crippen LogP contribution in [0.4, 0.5) is 10.8 Å². The second-order valence-corrected chi connectivity index (χ2v) is 15.5. The average molecular weight is 802 g/mol. The second-order valence-electron chi connectivity index (χ2n) is 13.6. The Kier molecular flexibility index (Phi) is 10.4. The number of carbonyl (C=O) groups excluding carboxylic acids is 3. The van der Waals surface area contributed by atoms with Crippen molar-refractivity contribution in [3.63, 3.8) is 0 Å². The highest BCUT2D eigenvalue weighted by Gasteiger charge is 2.55. The number of hydrogen-bond donors (Lipinski definition) is 5. The van der Waals surface area contributed by atoms with Crippen LogP contribution in [0.2, 0.25) is 0 Å². The molecule has 0 aliphatic carbocycles. The van der Waals surface area contributed by atoms with Crippen molar-refractivity contribution in [3.8, 4) is 0 Å². The van der Waals surface area contributed by atoms with Crippen LogP contribution in [0.3, 0.4) is 0 Å². The van der Waals surface area contributed by atoms with Gasteiger partial charge in [-0.25, -0.2) is 9.78 Å². The standard InChI is InChI=1S/C41H36N8O6S2/c42-29-17-10-20-48(22-29)21-25-23-56-38-33(37(52)49(38)34(25)39(53)54)45-36(51)32(47-55-31-18-19-43-35(31)50)30-24-57-40(44-30)46-41(26-11-4-1-5-12-26,27-13-6-2-7-14-27)28-15-8-3-9-16-28/h1-17,20,22,24,31,33,38H,18-19,21,23,42H2,(H3-,43,44,45,46,50,51,53,54)/p+1/b47-32-/t31-,33+,38-/m0/s1. The summed E-state index contributed by atoms with van der Waals surface area (Å²) in [6.45, 7) is 0.616. The van der Waals surface area contributed by atoms with E-state index in [-0.39, 0.29) is 29.6 Å². The zero-order chi connectivity index (χ0) is 39.5. The number of thioether (sulfide) groups is 1. The van der Waals surface area contributed by atoms with Gasteiger partial charge in [0.05, 0.1) is 5.69 Å². The van der Waals surface area contributed by atoms with Gasteiger partial charge in [0, 0.05) is 35.7 Å². The minimum atomic E-state index is -1.25. The first-order valence-corrected chi connectivity index (χ1v) is 20.0. The average Bonchev–Trinajstić information content (AvgIpc) is 3.88. The Morgan fingerprint density at radius 3 is 2.21 bits per heavy atom. The number of carboxylic acids is 1. The molecule has 8 rings (SSSR count). The first kappa shape index (κ1) is 37.4. The largest absolute Gasteiger partial charge is 0.477 e. The molecule has 6 N–H and O–H groups in total. The lowest BCUT2D eigenvalue weighted by Gasteiger charge is -2.49. The molecule has 0 unspecified atom stereocenters. The van der Waals surface area contributed by atoms with Crippen molar-refractivity contribution < 1.29 is 33.7 Å². The number of carboxylic acid groups (broad SMARTS) is 1. The fourth-order valence-corrected chi connectivity index (χ4v) is 9.34. The molecule has 3 aromatic carbocycles. The summed E-state index contributed by atoms with van der Waals surface area (Å²) in [6, 6.07) is 32.3. The number of nitrogens with zero attached hydrogens (tertiary/aromatic N) is 4. The molecule has 0 radical (unpaired) electrons. The molecule has 2 fully saturated rings. The normalized spacial score (nSPS) is 19.3. The van der Waals surface area contributed by atoms with E-state index < -0.39 is 40.8 Å². The molecule has 14 nitrogen and oxygen atoms in total. The number of amides is 3. The van der Waals surface area contributed by atoms with Gasteiger partial charge in [-0.3, -0.25) is 19.3 Å². The zero-order valence-corrected chi connectivity index (χ0v) is 31.9. The third-order valence-electron chi connectivity index (χ3n) is 9.94. The van der Waals surface area contributed by atoms with Gasteiger partial charge in [0.25, 0.3) is 17.7 Å². The van der Waals surface area contributed by atoms with E-state index in [1.165, 1.54) is 28.0 Å². The molecule has 16 heteroatoms. The molecule has 5 aromatic rings. The number of nitrogens with one attached hydrogen (secondary N) is 3. The van der Waals surface area contributed by atoms with Crippen molar-refractivity contribution in [3.05, 3.63) is 155 Å². The van der Waals surface area contributed by atoms with Crippen molar-refractivity contribution in [2.24, 2.45) is 5.16 Å². The second kappa shape index (κ2) is 15.9. The van der Waals surface area contributed by atoms with E-state index in [1.807, 2.05) is 91.0 Å². The lowest BCUT2D eigenvalue weighted by molar-refractivity contribution is -0.688. The number of β-lactam (4-membered cyclic amide) rings is 1. The highest BCUT2D eigenvalue weighted by molar-refractivity contribution is 8.00. The van der Waals surface area contributed by atoms with Gasteiger partial charge in [-0.1, -0.05) is 96.2 Å². The molecule has 5 heterocycles. The minimum absolute atomic E-state index is 0.123. The predicted octanol–water partition coefficient (Wildman–Crippen LogP) is 3.46. The molecule has 288 valence electrons. The van der Waals surface area contributed by atoms with Crippen LogP contribution in [0, 0.1) is 0 Å². The first-order chi connectivity index (χ1) is 27.7. The zero-order valence-electron chi connectivity index (χ0n) is 30.3. The molecule has 3 aliphatic heterocycles. The number of anilines is 2. The summed E-state index contributed by atoms with van der Waals surface area (Å²) >= 11 is 2.59. The number of nitrogens with two attached hydrogens (primary N) is 1. The van der Waals surface area contributed by atoms with Crippen molar-refractivity contribution in [2.75, 3.05) is 23.3 Å². The Hall–Kier alpha value is -6.52. The monoisotopic (exact) mass is 801 g/mol. The van der Waals surface area contributed by atoms with Crippen LogP contribution in [-0.2, 0) is 36.1 Å². The van der Waals surface area contributed by atoms with Crippen LogP contribution in [0.15, 0.2) is 137 Å². The number of nitrogen functional groups attached to an aromatic ring is 1. The van der Waals surface area contributed by atoms with Crippen LogP contribution in [0.25, 0.3) is 0 Å². The molecule has 0 saturated carbocycles. The number of hydrogen-bond acceptors (Lipinski definition) is 11. The Morgan fingerprint density at radius 1 is 0.982 bits per heavy atom. The number of rotatable bonds is 13. The highest BCUT2D eigenvalue weighted by atomic mass is 32.2. The molecule has 57 heavy (non-hydrogen) atoms. The molecular weight excluding hydrogens is 765 g/mol. The smallest absolute Gasteiger partial charge is 0.352 e. The summed E-state index contributed by atoms with van der Waals surface area (Å²) < 4.78 is 1.76. The van der Waals surface area contributed by atoms with Crippen LogP contribution in [-0.4, -0.2) is 74.2 Å². The topological polar surface area (TPSA) is 192 Å². The summed E-state index contributed by atoms with van der Waals surface area (Å²) in [6.07, 6.45) is 2.89. The molecule has 0 bridgehead atoms. The van der Waals surface area contributed by atoms with Crippen LogP contribution >= 0.6 is 23.1 Å². The predicted molar refractivity (Wildman–Crippen MR) is 215 cm³/mol. The van der Waals surface area contributed by atoms with E-state index in [9.17, 15) is 24.3 Å². The van der Waals surface area contributed by atoms with Gasteiger partial charge in [0.15, 0.2) is 29.8 Å². The van der Waals surface area contributed by atoms with E-state index >= 15 is 0 Å². The number of carbonyl (C=O) groups is 4. The van der Waals surface area contributed by atoms with E-state index in [4.69, 9.17) is 15.6 Å². The van der Waals surface area contributed by atoms with Crippen LogP contribution < -0.4 is 26.3 Å². The number of oxime groups is 1. The summed E-state index contributed by atoms with van der Waals surface area (Å²) in [5.41, 5.74) is 8.69. The van der Waals surface area contributed by atoms with Crippen molar-refractivity contribution in [2.45, 2.75) is 36.0 Å². The molecule has 2 saturated heterocycles. The van der Waals surface area contributed by atoms with Gasteiger partial charge in [-0.15, -0.1) is 23.1 Å². The van der Waals surface area contributed by atoms with E-state index in [1.54, 1.807) is 34.5 Å². The number of pyridine rings is 1. The Morgan fingerprint density at radius 2 is 1.63 bits per heavy atom. The van der Waals surface area contributed by atoms with Gasteiger partial charge < -0.3 is 31.6 Å². The van der Waals surface area contributed by atoms with E-state index in [0.29, 0.717) is 35.1 Å². The molecule has 3 amide bonds. The lowest BCUT2D eigenvalue weighted by Crippen LogP contribution is -2.71. The third-order valence-corrected chi connectivity index (χ3v) is 12.0. The first-order valence-electron chi connectivity index (χ1n) is 18.1. The molecule has 0 spiro atoms. The minimum Gasteiger partial charge on any atom is -0.477 e. The molecule has 2 aromatic heterocycles. The van der Waals surface area contributed by atoms with Crippen molar-refractivity contribution >= 4 is 63.3 Å². The Balaban J connectivity index is 1.10. The maximum absolute atomic E-state index is 14.2. The van der Waals surface area contributed by atoms with Crippen molar-refractivity contribution in [1.82, 2.24) is 20.5 Å². The number of fused-ring (bicyclic) bond motifs is 1. The van der Waals surface area contributed by atoms with E-state index in [2.05, 4.69) is 21.1 Å². The van der Waals surface area contributed by atoms with Gasteiger partial charge in [0.2, 0.25) is 6.10 Å². The van der Waals surface area contributed by atoms with Crippen molar-refractivity contribution in [1.29, 1.82) is 0 Å². The number of thiazole rings is 1. The molecule has 3 aliphatic rings. The van der Waals surface area contributed by atoms with Crippen LogP contribution in [0.1, 0.15) is 28.8 Å². The number of aliphatic carboxylic acids is 1. The number of aromatic nitrogens is 2. The fraction of sp³-hybridized carbons (Fsp3) is 0.195. The fourth-order valence-electron chi connectivity index (χ4n) is 7.25.